The zero-order chi connectivity index (χ0) is 18.7. The van der Waals surface area contributed by atoms with E-state index in [9.17, 15) is 0 Å². The maximum Gasteiger partial charge on any atom is 0.172 e. The van der Waals surface area contributed by atoms with Crippen LogP contribution in [-0.4, -0.2) is 4.57 Å². The van der Waals surface area contributed by atoms with Gasteiger partial charge in [-0.3, -0.25) is 0 Å². The molecular formula is C24H14ClNO2. The van der Waals surface area contributed by atoms with Crippen molar-refractivity contribution in [2.75, 3.05) is 0 Å². The lowest BCUT2D eigenvalue weighted by atomic mass is 10.2. The van der Waals surface area contributed by atoms with Crippen LogP contribution in [0.25, 0.3) is 27.5 Å². The summed E-state index contributed by atoms with van der Waals surface area (Å²) in [5.41, 5.74) is 3.23. The molecule has 0 radical (unpaired) electrons. The van der Waals surface area contributed by atoms with E-state index in [1.807, 2.05) is 60.7 Å². The maximum absolute atomic E-state index is 6.27. The second-order valence-corrected chi connectivity index (χ2v) is 7.23. The third kappa shape index (κ3) is 2.23. The zero-order valence-corrected chi connectivity index (χ0v) is 15.5. The van der Waals surface area contributed by atoms with Crippen molar-refractivity contribution in [3.05, 3.63) is 90.0 Å². The zero-order valence-electron chi connectivity index (χ0n) is 14.7. The third-order valence-corrected chi connectivity index (χ3v) is 5.34. The van der Waals surface area contributed by atoms with Crippen molar-refractivity contribution in [1.82, 2.24) is 4.57 Å². The van der Waals surface area contributed by atoms with Gasteiger partial charge >= 0.3 is 0 Å². The number of nitrogens with zero attached hydrogens (tertiary/aromatic N) is 1. The van der Waals surface area contributed by atoms with Crippen molar-refractivity contribution >= 4 is 33.4 Å². The first-order chi connectivity index (χ1) is 13.8. The summed E-state index contributed by atoms with van der Waals surface area (Å²) in [5.74, 6) is 2.87. The number of ether oxygens (including phenoxy) is 2. The molecular weight excluding hydrogens is 370 g/mol. The van der Waals surface area contributed by atoms with Gasteiger partial charge in [-0.15, -0.1) is 0 Å². The molecule has 1 aromatic heterocycles. The smallest absolute Gasteiger partial charge is 0.172 e. The fraction of sp³-hybridized carbons (Fsp3) is 0. The van der Waals surface area contributed by atoms with Crippen LogP contribution in [0.15, 0.2) is 84.9 Å². The highest BCUT2D eigenvalue weighted by Gasteiger charge is 2.20. The number of para-hydroxylation sites is 3. The molecule has 2 heterocycles. The first kappa shape index (κ1) is 15.6. The normalized spacial score (nSPS) is 12.3. The van der Waals surface area contributed by atoms with Crippen LogP contribution >= 0.6 is 11.6 Å². The highest BCUT2D eigenvalue weighted by Crippen LogP contribution is 2.46. The fourth-order valence-electron chi connectivity index (χ4n) is 3.88. The van der Waals surface area contributed by atoms with Crippen LogP contribution in [-0.2, 0) is 0 Å². The van der Waals surface area contributed by atoms with Gasteiger partial charge in [0.05, 0.1) is 16.7 Å². The topological polar surface area (TPSA) is 23.4 Å². The molecule has 0 aliphatic carbocycles. The summed E-state index contributed by atoms with van der Waals surface area (Å²) in [6.45, 7) is 0. The first-order valence-electron chi connectivity index (χ1n) is 9.06. The molecule has 28 heavy (non-hydrogen) atoms. The molecule has 4 aromatic carbocycles. The number of rotatable bonds is 1. The van der Waals surface area contributed by atoms with E-state index in [1.165, 1.54) is 5.39 Å². The Balaban J connectivity index is 1.59. The number of benzene rings is 4. The summed E-state index contributed by atoms with van der Waals surface area (Å²) in [6.07, 6.45) is 0. The highest BCUT2D eigenvalue weighted by molar-refractivity contribution is 6.32. The van der Waals surface area contributed by atoms with Gasteiger partial charge in [0.1, 0.15) is 0 Å². The summed E-state index contributed by atoms with van der Waals surface area (Å²) < 4.78 is 14.3. The molecule has 0 N–H and O–H groups in total. The predicted octanol–water partition coefficient (Wildman–Crippen LogP) is 7.34. The fourth-order valence-corrected chi connectivity index (χ4v) is 4.05. The minimum Gasteiger partial charge on any atom is -0.450 e. The summed E-state index contributed by atoms with van der Waals surface area (Å²) in [4.78, 5) is 0. The Morgan fingerprint density at radius 1 is 0.571 bits per heavy atom. The molecule has 0 saturated heterocycles. The van der Waals surface area contributed by atoms with Crippen LogP contribution in [0.2, 0.25) is 5.02 Å². The van der Waals surface area contributed by atoms with Crippen molar-refractivity contribution in [2.45, 2.75) is 0 Å². The van der Waals surface area contributed by atoms with E-state index in [0.717, 1.165) is 38.6 Å². The molecule has 0 unspecified atom stereocenters. The van der Waals surface area contributed by atoms with Crippen LogP contribution in [0.5, 0.6) is 23.0 Å². The van der Waals surface area contributed by atoms with E-state index >= 15 is 0 Å². The minimum atomic E-state index is 0.705. The molecule has 1 aliphatic rings. The van der Waals surface area contributed by atoms with Crippen LogP contribution in [0.3, 0.4) is 0 Å². The van der Waals surface area contributed by atoms with Gasteiger partial charge in [-0.25, -0.2) is 0 Å². The maximum atomic E-state index is 6.27. The lowest BCUT2D eigenvalue weighted by molar-refractivity contribution is 0.359. The lowest BCUT2D eigenvalue weighted by Gasteiger charge is -2.21. The highest BCUT2D eigenvalue weighted by atomic mass is 35.5. The van der Waals surface area contributed by atoms with Crippen LogP contribution in [0, 0.1) is 0 Å². The number of hydrogen-bond donors (Lipinski definition) is 0. The van der Waals surface area contributed by atoms with Crippen molar-refractivity contribution in [3.8, 4) is 28.7 Å². The van der Waals surface area contributed by atoms with Gasteiger partial charge in [-0.2, -0.15) is 0 Å². The van der Waals surface area contributed by atoms with E-state index < -0.39 is 0 Å². The molecule has 1 aliphatic heterocycles. The summed E-state index contributed by atoms with van der Waals surface area (Å²) in [6, 6.07) is 28.1. The molecule has 0 atom stereocenters. The number of halogens is 1. The van der Waals surface area contributed by atoms with Gasteiger partial charge in [0, 0.05) is 21.9 Å². The average molecular weight is 384 g/mol. The Hall–Kier alpha value is -3.43. The van der Waals surface area contributed by atoms with Gasteiger partial charge in [-0.05, 0) is 48.5 Å². The van der Waals surface area contributed by atoms with Gasteiger partial charge in [-0.1, -0.05) is 41.9 Å². The van der Waals surface area contributed by atoms with Crippen molar-refractivity contribution in [2.24, 2.45) is 0 Å². The lowest BCUT2D eigenvalue weighted by Crippen LogP contribution is -2.01. The molecule has 0 bridgehead atoms. The molecule has 0 fully saturated rings. The Kier molecular flexibility index (Phi) is 3.22. The summed E-state index contributed by atoms with van der Waals surface area (Å²) in [7, 11) is 0. The first-order valence-corrected chi connectivity index (χ1v) is 9.44. The third-order valence-electron chi connectivity index (χ3n) is 5.11. The van der Waals surface area contributed by atoms with Crippen molar-refractivity contribution < 1.29 is 9.47 Å². The van der Waals surface area contributed by atoms with Gasteiger partial charge in [0.25, 0.3) is 0 Å². The Bertz CT molecular complexity index is 1390. The van der Waals surface area contributed by atoms with Crippen LogP contribution < -0.4 is 9.47 Å². The van der Waals surface area contributed by atoms with Crippen LogP contribution in [0.4, 0.5) is 0 Å². The Morgan fingerprint density at radius 2 is 1.25 bits per heavy atom. The van der Waals surface area contributed by atoms with Gasteiger partial charge in [0.2, 0.25) is 0 Å². The number of fused-ring (bicyclic) bond motifs is 5. The van der Waals surface area contributed by atoms with Crippen molar-refractivity contribution in [1.29, 1.82) is 0 Å². The number of hydrogen-bond acceptors (Lipinski definition) is 2. The minimum absolute atomic E-state index is 0.705. The van der Waals surface area contributed by atoms with E-state index in [-0.39, 0.29) is 0 Å². The Labute approximate surface area is 166 Å². The molecule has 134 valence electrons. The SMILES string of the molecule is Clc1ccc2c(c1)c1ccccc1n2-c1ccc2c(c1)Oc1ccccc1O2. The second kappa shape index (κ2) is 5.78. The van der Waals surface area contributed by atoms with E-state index in [2.05, 4.69) is 28.8 Å². The molecule has 6 rings (SSSR count). The van der Waals surface area contributed by atoms with E-state index in [4.69, 9.17) is 21.1 Å². The van der Waals surface area contributed by atoms with Gasteiger partial charge < -0.3 is 14.0 Å². The standard InChI is InChI=1S/C24H14ClNO2/c25-15-9-11-20-18(13-15)17-5-1-2-6-19(17)26(20)16-10-12-23-24(14-16)28-22-8-4-3-7-21(22)27-23/h1-14H. The van der Waals surface area contributed by atoms with E-state index in [0.29, 0.717) is 11.5 Å². The predicted molar refractivity (Wildman–Crippen MR) is 112 cm³/mol. The second-order valence-electron chi connectivity index (χ2n) is 6.80. The molecule has 0 spiro atoms. The molecule has 0 amide bonds. The van der Waals surface area contributed by atoms with Gasteiger partial charge in [0.15, 0.2) is 23.0 Å². The quantitative estimate of drug-likeness (QED) is 0.296. The molecule has 0 saturated carbocycles. The monoisotopic (exact) mass is 383 g/mol. The molecule has 4 heteroatoms. The van der Waals surface area contributed by atoms with E-state index in [1.54, 1.807) is 0 Å². The van der Waals surface area contributed by atoms with Crippen LogP contribution in [0.1, 0.15) is 0 Å². The summed E-state index contributed by atoms with van der Waals surface area (Å²) >= 11 is 6.27. The number of aromatic nitrogens is 1. The molecule has 3 nitrogen and oxygen atoms in total. The molecule has 5 aromatic rings. The largest absolute Gasteiger partial charge is 0.450 e. The van der Waals surface area contributed by atoms with Crippen molar-refractivity contribution in [3.63, 3.8) is 0 Å². The Morgan fingerprint density at radius 3 is 2.11 bits per heavy atom. The average Bonchev–Trinajstić information content (AvgIpc) is 3.05. The summed E-state index contributed by atoms with van der Waals surface area (Å²) in [5, 5.41) is 3.03.